The second-order valence-corrected chi connectivity index (χ2v) is 8.45. The molecule has 5 nitrogen and oxygen atoms in total. The zero-order valence-electron chi connectivity index (χ0n) is 18.2. The Morgan fingerprint density at radius 2 is 1.59 bits per heavy atom. The number of aromatic amines is 1. The average molecular weight is 426 g/mol. The van der Waals surface area contributed by atoms with Crippen molar-refractivity contribution >= 4 is 5.91 Å². The maximum atomic E-state index is 13.3. The van der Waals surface area contributed by atoms with Gasteiger partial charge in [-0.15, -0.1) is 0 Å². The molecule has 4 rings (SSSR count). The third-order valence-corrected chi connectivity index (χ3v) is 5.55. The molecule has 4 aromatic rings. The fraction of sp³-hybridized carbons (Fsp3) is 0.185. The minimum Gasteiger partial charge on any atom is -0.388 e. The summed E-state index contributed by atoms with van der Waals surface area (Å²) in [5.74, 6) is -0.243. The van der Waals surface area contributed by atoms with Crippen LogP contribution in [0, 0.1) is 0 Å². The van der Waals surface area contributed by atoms with E-state index in [0.717, 1.165) is 22.4 Å². The van der Waals surface area contributed by atoms with Crippen molar-refractivity contribution in [3.63, 3.8) is 0 Å². The first-order valence-corrected chi connectivity index (χ1v) is 10.7. The number of nitrogens with one attached hydrogen (secondary N) is 2. The summed E-state index contributed by atoms with van der Waals surface area (Å²) in [6, 6.07) is 28.7. The van der Waals surface area contributed by atoms with Gasteiger partial charge in [-0.1, -0.05) is 78.9 Å². The van der Waals surface area contributed by atoms with Crippen molar-refractivity contribution in [1.29, 1.82) is 0 Å². The van der Waals surface area contributed by atoms with Crippen LogP contribution in [-0.4, -0.2) is 32.9 Å². The number of aliphatic hydroxyl groups is 1. The Morgan fingerprint density at radius 3 is 2.28 bits per heavy atom. The van der Waals surface area contributed by atoms with E-state index in [9.17, 15) is 9.90 Å². The molecule has 5 heteroatoms. The molecule has 0 aliphatic heterocycles. The van der Waals surface area contributed by atoms with E-state index in [2.05, 4.69) is 15.5 Å². The lowest BCUT2D eigenvalue weighted by Gasteiger charge is -2.30. The van der Waals surface area contributed by atoms with Gasteiger partial charge in [-0.25, -0.2) is 0 Å². The maximum Gasteiger partial charge on any atom is 0.252 e. The molecular formula is C27H27N3O2. The Balaban J connectivity index is 1.60. The van der Waals surface area contributed by atoms with Gasteiger partial charge < -0.3 is 10.4 Å². The number of benzene rings is 3. The van der Waals surface area contributed by atoms with E-state index < -0.39 is 11.6 Å². The molecular weight excluding hydrogens is 398 g/mol. The van der Waals surface area contributed by atoms with Crippen molar-refractivity contribution in [2.24, 2.45) is 0 Å². The fourth-order valence-electron chi connectivity index (χ4n) is 3.69. The van der Waals surface area contributed by atoms with Gasteiger partial charge in [0.05, 0.1) is 23.0 Å². The number of aromatic nitrogens is 2. The topological polar surface area (TPSA) is 78.0 Å². The smallest absolute Gasteiger partial charge is 0.252 e. The molecule has 0 saturated heterocycles. The third kappa shape index (κ3) is 4.95. The predicted octanol–water partition coefficient (Wildman–Crippen LogP) is 4.86. The van der Waals surface area contributed by atoms with Crippen LogP contribution in [0.2, 0.25) is 0 Å². The van der Waals surface area contributed by atoms with E-state index in [0.29, 0.717) is 17.7 Å². The number of amides is 1. The summed E-state index contributed by atoms with van der Waals surface area (Å²) in [6.45, 7) is 3.43. The molecule has 0 radical (unpaired) electrons. The second-order valence-electron chi connectivity index (χ2n) is 8.45. The van der Waals surface area contributed by atoms with Gasteiger partial charge in [0.2, 0.25) is 0 Å². The zero-order chi connectivity index (χ0) is 22.6. The molecule has 0 spiro atoms. The molecule has 0 fully saturated rings. The van der Waals surface area contributed by atoms with Crippen LogP contribution in [0.15, 0.2) is 91.0 Å². The van der Waals surface area contributed by atoms with Crippen LogP contribution < -0.4 is 5.32 Å². The van der Waals surface area contributed by atoms with E-state index in [1.807, 2.05) is 84.9 Å². The zero-order valence-corrected chi connectivity index (χ0v) is 18.2. The van der Waals surface area contributed by atoms with Gasteiger partial charge in [0, 0.05) is 11.1 Å². The fourth-order valence-corrected chi connectivity index (χ4v) is 3.69. The Labute approximate surface area is 188 Å². The summed E-state index contributed by atoms with van der Waals surface area (Å²) in [5.41, 5.74) is 3.81. The van der Waals surface area contributed by atoms with Gasteiger partial charge in [-0.3, -0.25) is 9.89 Å². The highest BCUT2D eigenvalue weighted by molar-refractivity contribution is 6.00. The lowest BCUT2D eigenvalue weighted by molar-refractivity contribution is 0.0350. The number of rotatable bonds is 7. The van der Waals surface area contributed by atoms with Gasteiger partial charge in [0.15, 0.2) is 0 Å². The van der Waals surface area contributed by atoms with Crippen LogP contribution in [0.25, 0.3) is 22.5 Å². The molecule has 0 bridgehead atoms. The van der Waals surface area contributed by atoms with Gasteiger partial charge >= 0.3 is 0 Å². The Bertz CT molecular complexity index is 1180. The first kappa shape index (κ1) is 21.5. The van der Waals surface area contributed by atoms with Gasteiger partial charge in [-0.2, -0.15) is 5.10 Å². The summed E-state index contributed by atoms with van der Waals surface area (Å²) in [4.78, 5) is 13.3. The van der Waals surface area contributed by atoms with Crippen LogP contribution >= 0.6 is 0 Å². The van der Waals surface area contributed by atoms with Crippen molar-refractivity contribution in [2.45, 2.75) is 31.9 Å². The summed E-state index contributed by atoms with van der Waals surface area (Å²) in [6.07, 6.45) is 0.527. The monoisotopic (exact) mass is 425 g/mol. The van der Waals surface area contributed by atoms with Crippen molar-refractivity contribution in [1.82, 2.24) is 15.5 Å². The number of nitrogens with zero attached hydrogens (tertiary/aromatic N) is 1. The minimum absolute atomic E-state index is 0.243. The van der Waals surface area contributed by atoms with E-state index >= 15 is 0 Å². The van der Waals surface area contributed by atoms with Crippen molar-refractivity contribution < 1.29 is 9.90 Å². The number of carbonyl (C=O) groups is 1. The number of carbonyl (C=O) groups excluding carboxylic acids is 1. The van der Waals surface area contributed by atoms with Crippen LogP contribution in [0.4, 0.5) is 0 Å². The summed E-state index contributed by atoms with van der Waals surface area (Å²) >= 11 is 0. The quantitative estimate of drug-likeness (QED) is 0.396. The maximum absolute atomic E-state index is 13.3. The molecule has 1 atom stereocenters. The second kappa shape index (κ2) is 9.20. The molecule has 1 amide bonds. The van der Waals surface area contributed by atoms with Crippen LogP contribution in [0.1, 0.15) is 29.8 Å². The molecule has 0 unspecified atom stereocenters. The van der Waals surface area contributed by atoms with Crippen LogP contribution in [0.3, 0.4) is 0 Å². The largest absolute Gasteiger partial charge is 0.388 e. The number of H-pyrrole nitrogens is 1. The lowest BCUT2D eigenvalue weighted by Crippen LogP contribution is -2.50. The summed E-state index contributed by atoms with van der Waals surface area (Å²) < 4.78 is 0. The first-order valence-electron chi connectivity index (χ1n) is 10.7. The molecule has 1 heterocycles. The molecule has 0 aliphatic carbocycles. The van der Waals surface area contributed by atoms with Crippen LogP contribution in [-0.2, 0) is 6.42 Å². The molecule has 3 aromatic carbocycles. The predicted molar refractivity (Wildman–Crippen MR) is 127 cm³/mol. The number of hydrogen-bond acceptors (Lipinski definition) is 3. The Hall–Kier alpha value is -3.70. The minimum atomic E-state index is -1.09. The highest BCUT2D eigenvalue weighted by Gasteiger charge is 2.29. The van der Waals surface area contributed by atoms with Gasteiger partial charge in [-0.05, 0) is 43.5 Å². The standard InChI is InChI=1S/C27H27N3O2/c1-27(2,32)25(17-19-11-5-3-6-12-19)28-26(31)22-16-10-9-15-21(22)24-18-23(29-30-24)20-13-7-4-8-14-20/h3-16,18,25,32H,17H2,1-2H3,(H,28,31)(H,29,30)/t25-/m1/s1. The van der Waals surface area contributed by atoms with Crippen molar-refractivity contribution in [3.8, 4) is 22.5 Å². The number of hydrogen-bond donors (Lipinski definition) is 3. The summed E-state index contributed by atoms with van der Waals surface area (Å²) in [5, 5.41) is 21.3. The normalized spacial score (nSPS) is 12.3. The molecule has 0 saturated carbocycles. The first-order chi connectivity index (χ1) is 15.4. The third-order valence-electron chi connectivity index (χ3n) is 5.55. The highest BCUT2D eigenvalue weighted by atomic mass is 16.3. The van der Waals surface area contributed by atoms with E-state index in [1.165, 1.54) is 0 Å². The van der Waals surface area contributed by atoms with Gasteiger partial charge in [0.1, 0.15) is 0 Å². The summed E-state index contributed by atoms with van der Waals surface area (Å²) in [7, 11) is 0. The van der Waals surface area contributed by atoms with E-state index in [4.69, 9.17) is 0 Å². The molecule has 0 aliphatic rings. The lowest BCUT2D eigenvalue weighted by atomic mass is 9.91. The van der Waals surface area contributed by atoms with Crippen LogP contribution in [0.5, 0.6) is 0 Å². The molecule has 3 N–H and O–H groups in total. The van der Waals surface area contributed by atoms with Gasteiger partial charge in [0.25, 0.3) is 5.91 Å². The molecule has 32 heavy (non-hydrogen) atoms. The highest BCUT2D eigenvalue weighted by Crippen LogP contribution is 2.27. The Morgan fingerprint density at radius 1 is 0.969 bits per heavy atom. The van der Waals surface area contributed by atoms with Crippen molar-refractivity contribution in [2.75, 3.05) is 0 Å². The van der Waals surface area contributed by atoms with E-state index in [-0.39, 0.29) is 5.91 Å². The Kier molecular flexibility index (Phi) is 6.19. The SMILES string of the molecule is CC(C)(O)[C@@H](Cc1ccccc1)NC(=O)c1ccccc1-c1cc(-c2ccccc2)[nH]n1. The van der Waals surface area contributed by atoms with Crippen molar-refractivity contribution in [3.05, 3.63) is 102 Å². The molecule has 1 aromatic heterocycles. The van der Waals surface area contributed by atoms with E-state index in [1.54, 1.807) is 19.9 Å². The average Bonchev–Trinajstić information content (AvgIpc) is 3.29. The molecule has 162 valence electrons.